The lowest BCUT2D eigenvalue weighted by atomic mass is 9.78. The zero-order valence-corrected chi connectivity index (χ0v) is 23.0. The van der Waals surface area contributed by atoms with Gasteiger partial charge in [0.25, 0.3) is 5.91 Å². The molecule has 2 saturated heterocycles. The van der Waals surface area contributed by atoms with Crippen LogP contribution in [0.3, 0.4) is 0 Å². The maximum Gasteiger partial charge on any atom is 0.416 e. The first-order valence-corrected chi connectivity index (χ1v) is 13.8. The average Bonchev–Trinajstić information content (AvgIpc) is 3.56. The lowest BCUT2D eigenvalue weighted by Crippen LogP contribution is -2.60. The molecule has 1 amide bonds. The zero-order chi connectivity index (χ0) is 29.3. The normalized spacial score (nSPS) is 29.3. The van der Waals surface area contributed by atoms with Crippen LogP contribution in [0.4, 0.5) is 17.6 Å². The summed E-state index contributed by atoms with van der Waals surface area (Å²) in [5.74, 6) is -1.86. The van der Waals surface area contributed by atoms with Crippen molar-refractivity contribution in [3.8, 4) is 0 Å². The first-order chi connectivity index (χ1) is 19.4. The van der Waals surface area contributed by atoms with Crippen LogP contribution in [0.5, 0.6) is 0 Å². The number of carbonyl (C=O) groups excluding carboxylic acids is 1. The van der Waals surface area contributed by atoms with Crippen molar-refractivity contribution >= 4 is 5.91 Å². The van der Waals surface area contributed by atoms with Gasteiger partial charge < -0.3 is 29.0 Å². The number of fused-ring (bicyclic) bond motifs is 1. The SMILES string of the molecule is CC1(C)O[C@H]2[C@H](OCc3cccc(C(F)(F)F)c3)C[C@](OCc3ccccc3F)(C(=O)NC[C@@H]3CCCO3)C[C@H]2O1. The molecular formula is C30H35F4NO6. The Morgan fingerprint density at radius 1 is 1.07 bits per heavy atom. The molecule has 0 radical (unpaired) electrons. The second kappa shape index (κ2) is 12.0. The summed E-state index contributed by atoms with van der Waals surface area (Å²) in [6.45, 7) is 4.08. The van der Waals surface area contributed by atoms with Crippen LogP contribution in [0.25, 0.3) is 0 Å². The third kappa shape index (κ3) is 7.09. The van der Waals surface area contributed by atoms with Gasteiger partial charge in [-0.05, 0) is 50.5 Å². The predicted molar refractivity (Wildman–Crippen MR) is 139 cm³/mol. The highest BCUT2D eigenvalue weighted by atomic mass is 19.4. The number of amides is 1. The smallest absolute Gasteiger partial charge is 0.376 e. The van der Waals surface area contributed by atoms with Gasteiger partial charge in [0.1, 0.15) is 11.9 Å². The van der Waals surface area contributed by atoms with Gasteiger partial charge in [0.15, 0.2) is 11.4 Å². The fraction of sp³-hybridized carbons (Fsp3) is 0.567. The molecule has 1 saturated carbocycles. The number of halogens is 4. The summed E-state index contributed by atoms with van der Waals surface area (Å²) in [4.78, 5) is 13.8. The highest BCUT2D eigenvalue weighted by Gasteiger charge is 2.58. The van der Waals surface area contributed by atoms with Gasteiger partial charge in [-0.3, -0.25) is 4.79 Å². The van der Waals surface area contributed by atoms with Gasteiger partial charge in [-0.25, -0.2) is 4.39 Å². The van der Waals surface area contributed by atoms with Gasteiger partial charge in [0, 0.05) is 31.6 Å². The van der Waals surface area contributed by atoms with Crippen molar-refractivity contribution in [2.24, 2.45) is 0 Å². The molecule has 7 nitrogen and oxygen atoms in total. The molecule has 0 unspecified atom stereocenters. The third-order valence-corrected chi connectivity index (χ3v) is 7.76. The standard InChI is InChI=1S/C30H35F4NO6/c1-28(2)40-25-15-29(27(36)35-16-22-10-6-12-37-22,39-18-20-8-3-4-11-23(20)31)14-24(26(25)41-28)38-17-19-7-5-9-21(13-19)30(32,33)34/h3-5,7-9,11,13,22,24-26H,6,10,12,14-18H2,1-2H3,(H,35,36)/t22-,24+,25+,26-,29+/m0/s1. The lowest BCUT2D eigenvalue weighted by Gasteiger charge is -2.43. The molecule has 224 valence electrons. The minimum Gasteiger partial charge on any atom is -0.376 e. The number of benzene rings is 2. The number of alkyl halides is 3. The second-order valence-corrected chi connectivity index (χ2v) is 11.3. The fourth-order valence-corrected chi connectivity index (χ4v) is 5.75. The van der Waals surface area contributed by atoms with Gasteiger partial charge in [0.2, 0.25) is 0 Å². The maximum absolute atomic E-state index is 14.5. The number of carbonyl (C=O) groups is 1. The van der Waals surface area contributed by atoms with Crippen LogP contribution in [0, 0.1) is 5.82 Å². The summed E-state index contributed by atoms with van der Waals surface area (Å²) in [6, 6.07) is 11.0. The molecule has 2 aliphatic heterocycles. The summed E-state index contributed by atoms with van der Waals surface area (Å²) in [5, 5.41) is 2.95. The number of ether oxygens (including phenoxy) is 5. The van der Waals surface area contributed by atoms with Gasteiger partial charge in [-0.2, -0.15) is 13.2 Å². The number of nitrogens with one attached hydrogen (secondary N) is 1. The van der Waals surface area contributed by atoms with E-state index in [0.29, 0.717) is 12.2 Å². The molecule has 2 heterocycles. The van der Waals surface area contributed by atoms with Crippen molar-refractivity contribution < 1.29 is 46.0 Å². The van der Waals surface area contributed by atoms with Crippen LogP contribution in [0.15, 0.2) is 48.5 Å². The van der Waals surface area contributed by atoms with E-state index in [1.807, 2.05) is 0 Å². The van der Waals surface area contributed by atoms with Gasteiger partial charge >= 0.3 is 6.18 Å². The fourth-order valence-electron chi connectivity index (χ4n) is 5.75. The molecule has 5 rings (SSSR count). The summed E-state index contributed by atoms with van der Waals surface area (Å²) >= 11 is 0. The van der Waals surface area contributed by atoms with Crippen molar-refractivity contribution in [3.63, 3.8) is 0 Å². The molecule has 1 aliphatic carbocycles. The summed E-state index contributed by atoms with van der Waals surface area (Å²) < 4.78 is 84.7. The molecule has 3 fully saturated rings. The van der Waals surface area contributed by atoms with E-state index < -0.39 is 53.2 Å². The van der Waals surface area contributed by atoms with Crippen molar-refractivity contribution in [2.75, 3.05) is 13.2 Å². The topological polar surface area (TPSA) is 75.3 Å². The molecular weight excluding hydrogens is 546 g/mol. The number of hydrogen-bond acceptors (Lipinski definition) is 6. The van der Waals surface area contributed by atoms with Crippen LogP contribution in [-0.2, 0) is 47.9 Å². The van der Waals surface area contributed by atoms with Crippen LogP contribution in [0.1, 0.15) is 56.2 Å². The van der Waals surface area contributed by atoms with Gasteiger partial charge in [0.05, 0.1) is 37.1 Å². The molecule has 5 atom stereocenters. The van der Waals surface area contributed by atoms with E-state index in [0.717, 1.165) is 25.0 Å². The van der Waals surface area contributed by atoms with Crippen molar-refractivity contribution in [3.05, 3.63) is 71.0 Å². The predicted octanol–water partition coefficient (Wildman–Crippen LogP) is 5.29. The van der Waals surface area contributed by atoms with Crippen molar-refractivity contribution in [2.45, 2.75) is 94.7 Å². The molecule has 3 aliphatic rings. The monoisotopic (exact) mass is 581 g/mol. The summed E-state index contributed by atoms with van der Waals surface area (Å²) in [5.41, 5.74) is -1.66. The van der Waals surface area contributed by atoms with Crippen LogP contribution < -0.4 is 5.32 Å². The zero-order valence-electron chi connectivity index (χ0n) is 23.0. The van der Waals surface area contributed by atoms with E-state index in [-0.39, 0.29) is 44.3 Å². The lowest BCUT2D eigenvalue weighted by molar-refractivity contribution is -0.184. The Morgan fingerprint density at radius 2 is 1.88 bits per heavy atom. The quantitative estimate of drug-likeness (QED) is 0.406. The Bertz CT molecular complexity index is 1220. The highest BCUT2D eigenvalue weighted by molar-refractivity contribution is 5.85. The van der Waals surface area contributed by atoms with Gasteiger partial charge in [-0.1, -0.05) is 30.3 Å². The van der Waals surface area contributed by atoms with Crippen LogP contribution in [0.2, 0.25) is 0 Å². The molecule has 11 heteroatoms. The van der Waals surface area contributed by atoms with Crippen LogP contribution in [-0.4, -0.2) is 54.9 Å². The van der Waals surface area contributed by atoms with Gasteiger partial charge in [-0.15, -0.1) is 0 Å². The molecule has 0 bridgehead atoms. The molecule has 0 spiro atoms. The maximum atomic E-state index is 14.5. The van der Waals surface area contributed by atoms with E-state index in [1.165, 1.54) is 12.1 Å². The molecule has 2 aromatic rings. The van der Waals surface area contributed by atoms with E-state index in [2.05, 4.69) is 5.32 Å². The van der Waals surface area contributed by atoms with E-state index in [4.69, 9.17) is 23.7 Å². The third-order valence-electron chi connectivity index (χ3n) is 7.76. The Kier molecular flexibility index (Phi) is 8.73. The minimum atomic E-state index is -4.49. The average molecular weight is 582 g/mol. The Labute approximate surface area is 236 Å². The number of rotatable bonds is 9. The largest absolute Gasteiger partial charge is 0.416 e. The van der Waals surface area contributed by atoms with E-state index in [1.54, 1.807) is 38.1 Å². The molecule has 41 heavy (non-hydrogen) atoms. The molecule has 0 aromatic heterocycles. The van der Waals surface area contributed by atoms with E-state index in [9.17, 15) is 22.4 Å². The second-order valence-electron chi connectivity index (χ2n) is 11.3. The summed E-state index contributed by atoms with van der Waals surface area (Å²) in [6.07, 6.45) is -4.70. The van der Waals surface area contributed by atoms with Crippen molar-refractivity contribution in [1.29, 1.82) is 0 Å². The first kappa shape index (κ1) is 29.9. The minimum absolute atomic E-state index is 0.0262. The Balaban J connectivity index is 1.40. The van der Waals surface area contributed by atoms with E-state index >= 15 is 0 Å². The molecule has 1 N–H and O–H groups in total. The highest BCUT2D eigenvalue weighted by Crippen LogP contribution is 2.44. The summed E-state index contributed by atoms with van der Waals surface area (Å²) in [7, 11) is 0. The first-order valence-electron chi connectivity index (χ1n) is 13.8. The van der Waals surface area contributed by atoms with Crippen molar-refractivity contribution in [1.82, 2.24) is 5.32 Å². The Hall–Kier alpha value is -2.57. The van der Waals surface area contributed by atoms with Crippen LogP contribution >= 0.6 is 0 Å². The molecule has 2 aromatic carbocycles. The Morgan fingerprint density at radius 3 is 2.61 bits per heavy atom. The number of hydrogen-bond donors (Lipinski definition) is 1.